The van der Waals surface area contributed by atoms with Crippen LogP contribution in [-0.4, -0.2) is 16.1 Å². The quantitative estimate of drug-likeness (QED) is 0.737. The largest absolute Gasteiger partial charge is 0.298 e. The van der Waals surface area contributed by atoms with Gasteiger partial charge in [-0.15, -0.1) is 0 Å². The van der Waals surface area contributed by atoms with Gasteiger partial charge in [0, 0.05) is 18.3 Å². The Kier molecular flexibility index (Phi) is 3.70. The number of hydrogen-bond donors (Lipinski definition) is 0. The van der Waals surface area contributed by atoms with Crippen molar-refractivity contribution in [1.82, 2.24) is 9.78 Å². The van der Waals surface area contributed by atoms with Crippen molar-refractivity contribution >= 4 is 6.29 Å². The van der Waals surface area contributed by atoms with Crippen molar-refractivity contribution in [2.45, 2.75) is 26.3 Å². The average molecular weight is 228 g/mol. The number of aromatic nitrogens is 2. The van der Waals surface area contributed by atoms with Gasteiger partial charge in [0.2, 0.25) is 0 Å². The first-order valence-electron chi connectivity index (χ1n) is 5.93. The molecule has 0 aliphatic heterocycles. The van der Waals surface area contributed by atoms with E-state index < -0.39 is 0 Å². The van der Waals surface area contributed by atoms with Gasteiger partial charge in [0.15, 0.2) is 6.29 Å². The maximum Gasteiger partial charge on any atom is 0.153 e. The molecule has 0 atom stereocenters. The maximum absolute atomic E-state index is 11.0. The second kappa shape index (κ2) is 5.43. The topological polar surface area (TPSA) is 34.9 Å². The van der Waals surface area contributed by atoms with Crippen molar-refractivity contribution in [2.24, 2.45) is 0 Å². The second-order valence-electron chi connectivity index (χ2n) is 4.03. The molecule has 0 aliphatic carbocycles. The molecule has 1 aromatic heterocycles. The predicted molar refractivity (Wildman–Crippen MR) is 68.0 cm³/mol. The van der Waals surface area contributed by atoms with Gasteiger partial charge in [-0.3, -0.25) is 9.48 Å². The SMILES string of the molecule is CCCCn1cc(C=O)c(-c2ccccc2)n1. The summed E-state index contributed by atoms with van der Waals surface area (Å²) in [6.45, 7) is 3.01. The molecule has 88 valence electrons. The van der Waals surface area contributed by atoms with Crippen molar-refractivity contribution in [3.8, 4) is 11.3 Å². The van der Waals surface area contributed by atoms with Crippen LogP contribution in [-0.2, 0) is 6.54 Å². The second-order valence-corrected chi connectivity index (χ2v) is 4.03. The molecule has 0 aliphatic rings. The molecule has 1 heterocycles. The lowest BCUT2D eigenvalue weighted by Gasteiger charge is -1.98. The van der Waals surface area contributed by atoms with Gasteiger partial charge in [-0.25, -0.2) is 0 Å². The van der Waals surface area contributed by atoms with Crippen molar-refractivity contribution in [3.05, 3.63) is 42.1 Å². The summed E-state index contributed by atoms with van der Waals surface area (Å²) in [5, 5.41) is 4.47. The molecule has 2 rings (SSSR count). The third-order valence-electron chi connectivity index (χ3n) is 2.70. The van der Waals surface area contributed by atoms with Crippen LogP contribution in [0.2, 0.25) is 0 Å². The van der Waals surface area contributed by atoms with Crippen LogP contribution in [0, 0.1) is 0 Å². The van der Waals surface area contributed by atoms with Crippen LogP contribution in [0.25, 0.3) is 11.3 Å². The molecule has 0 bridgehead atoms. The van der Waals surface area contributed by atoms with Crippen LogP contribution < -0.4 is 0 Å². The lowest BCUT2D eigenvalue weighted by molar-refractivity contribution is 0.112. The minimum absolute atomic E-state index is 0.660. The molecule has 2 aromatic rings. The van der Waals surface area contributed by atoms with Gasteiger partial charge in [-0.1, -0.05) is 43.7 Å². The average Bonchev–Trinajstić information content (AvgIpc) is 2.80. The van der Waals surface area contributed by atoms with E-state index >= 15 is 0 Å². The van der Waals surface area contributed by atoms with Crippen molar-refractivity contribution in [1.29, 1.82) is 0 Å². The first kappa shape index (κ1) is 11.6. The van der Waals surface area contributed by atoms with Crippen LogP contribution in [0.4, 0.5) is 0 Å². The summed E-state index contributed by atoms with van der Waals surface area (Å²) in [5.74, 6) is 0. The summed E-state index contributed by atoms with van der Waals surface area (Å²) in [7, 11) is 0. The van der Waals surface area contributed by atoms with Gasteiger partial charge in [0.05, 0.1) is 5.56 Å². The van der Waals surface area contributed by atoms with Crippen LogP contribution >= 0.6 is 0 Å². The minimum atomic E-state index is 0.660. The Morgan fingerprint density at radius 3 is 2.71 bits per heavy atom. The van der Waals surface area contributed by atoms with E-state index in [2.05, 4.69) is 12.0 Å². The van der Waals surface area contributed by atoms with E-state index in [1.807, 2.05) is 41.2 Å². The fourth-order valence-electron chi connectivity index (χ4n) is 1.78. The molecule has 17 heavy (non-hydrogen) atoms. The summed E-state index contributed by atoms with van der Waals surface area (Å²) < 4.78 is 1.86. The van der Waals surface area contributed by atoms with E-state index in [1.165, 1.54) is 0 Å². The smallest absolute Gasteiger partial charge is 0.153 e. The molecule has 0 fully saturated rings. The third-order valence-corrected chi connectivity index (χ3v) is 2.70. The highest BCUT2D eigenvalue weighted by molar-refractivity contribution is 5.85. The van der Waals surface area contributed by atoms with Gasteiger partial charge in [0.1, 0.15) is 5.69 Å². The van der Waals surface area contributed by atoms with E-state index in [1.54, 1.807) is 0 Å². The molecule has 0 unspecified atom stereocenters. The highest BCUT2D eigenvalue weighted by Gasteiger charge is 2.09. The van der Waals surface area contributed by atoms with Crippen molar-refractivity contribution in [2.75, 3.05) is 0 Å². The molecule has 0 amide bonds. The first-order valence-corrected chi connectivity index (χ1v) is 5.93. The monoisotopic (exact) mass is 228 g/mol. The Hall–Kier alpha value is -1.90. The van der Waals surface area contributed by atoms with E-state index in [-0.39, 0.29) is 0 Å². The van der Waals surface area contributed by atoms with Crippen molar-refractivity contribution in [3.63, 3.8) is 0 Å². The zero-order valence-corrected chi connectivity index (χ0v) is 9.97. The minimum Gasteiger partial charge on any atom is -0.298 e. The molecule has 1 aromatic carbocycles. The predicted octanol–water partition coefficient (Wildman–Crippen LogP) is 3.16. The van der Waals surface area contributed by atoms with Crippen LogP contribution in [0.5, 0.6) is 0 Å². The number of rotatable bonds is 5. The van der Waals surface area contributed by atoms with Gasteiger partial charge >= 0.3 is 0 Å². The van der Waals surface area contributed by atoms with E-state index in [0.717, 1.165) is 36.9 Å². The number of benzene rings is 1. The molecule has 0 N–H and O–H groups in total. The van der Waals surface area contributed by atoms with E-state index in [4.69, 9.17) is 0 Å². The molecule has 0 saturated heterocycles. The number of carbonyl (C=O) groups is 1. The van der Waals surface area contributed by atoms with Crippen LogP contribution in [0.1, 0.15) is 30.1 Å². The normalized spacial score (nSPS) is 10.4. The zero-order chi connectivity index (χ0) is 12.1. The molecule has 0 saturated carbocycles. The van der Waals surface area contributed by atoms with Crippen LogP contribution in [0.3, 0.4) is 0 Å². The molecular formula is C14H16N2O. The van der Waals surface area contributed by atoms with Gasteiger partial charge in [-0.05, 0) is 6.42 Å². The standard InChI is InChI=1S/C14H16N2O/c1-2-3-9-16-10-13(11-17)14(15-16)12-7-5-4-6-8-12/h4-8,10-11H,2-3,9H2,1H3. The number of hydrogen-bond acceptors (Lipinski definition) is 2. The van der Waals surface area contributed by atoms with Crippen LogP contribution in [0.15, 0.2) is 36.5 Å². The Morgan fingerprint density at radius 1 is 1.29 bits per heavy atom. The van der Waals surface area contributed by atoms with Crippen molar-refractivity contribution < 1.29 is 4.79 Å². The highest BCUT2D eigenvalue weighted by atomic mass is 16.1. The number of aryl methyl sites for hydroxylation is 1. The Balaban J connectivity index is 2.33. The highest BCUT2D eigenvalue weighted by Crippen LogP contribution is 2.20. The number of unbranched alkanes of at least 4 members (excludes halogenated alkanes) is 1. The lowest BCUT2D eigenvalue weighted by Crippen LogP contribution is -1.97. The Morgan fingerprint density at radius 2 is 2.06 bits per heavy atom. The fourth-order valence-corrected chi connectivity index (χ4v) is 1.78. The maximum atomic E-state index is 11.0. The first-order chi connectivity index (χ1) is 8.35. The molecule has 0 spiro atoms. The molecule has 3 nitrogen and oxygen atoms in total. The van der Waals surface area contributed by atoms with Gasteiger partial charge in [-0.2, -0.15) is 5.10 Å². The molecule has 0 radical (unpaired) electrons. The Labute approximate surface area is 101 Å². The fraction of sp³-hybridized carbons (Fsp3) is 0.286. The lowest BCUT2D eigenvalue weighted by atomic mass is 10.1. The van der Waals surface area contributed by atoms with Gasteiger partial charge < -0.3 is 0 Å². The van der Waals surface area contributed by atoms with Gasteiger partial charge in [0.25, 0.3) is 0 Å². The number of carbonyl (C=O) groups excluding carboxylic acids is 1. The molecule has 3 heteroatoms. The summed E-state index contributed by atoms with van der Waals surface area (Å²) >= 11 is 0. The summed E-state index contributed by atoms with van der Waals surface area (Å²) in [5.41, 5.74) is 2.42. The number of nitrogens with zero attached hydrogens (tertiary/aromatic N) is 2. The Bertz CT molecular complexity index is 488. The summed E-state index contributed by atoms with van der Waals surface area (Å²) in [4.78, 5) is 11.0. The van der Waals surface area contributed by atoms with E-state index in [9.17, 15) is 4.79 Å². The molecular weight excluding hydrogens is 212 g/mol. The number of aldehydes is 1. The summed E-state index contributed by atoms with van der Waals surface area (Å²) in [6, 6.07) is 9.81. The van der Waals surface area contributed by atoms with E-state index in [0.29, 0.717) is 5.56 Å². The summed E-state index contributed by atoms with van der Waals surface area (Å²) in [6.07, 6.45) is 4.90. The third kappa shape index (κ3) is 2.61. The zero-order valence-electron chi connectivity index (χ0n) is 9.97.